The normalized spacial score (nSPS) is 19.4. The minimum Gasteiger partial charge on any atom is -0.382 e. The van der Waals surface area contributed by atoms with E-state index in [9.17, 15) is 9.18 Å². The van der Waals surface area contributed by atoms with Crippen LogP contribution >= 0.6 is 0 Å². The first-order valence-electron chi connectivity index (χ1n) is 7.58. The maximum absolute atomic E-state index is 14.1. The molecular formula is C16H21FN2O. The number of hydrogen-bond donors (Lipinski definition) is 2. The molecule has 0 spiro atoms. The van der Waals surface area contributed by atoms with Crippen LogP contribution in [0.15, 0.2) is 12.1 Å². The van der Waals surface area contributed by atoms with Gasteiger partial charge in [0.15, 0.2) is 0 Å². The van der Waals surface area contributed by atoms with Gasteiger partial charge in [-0.25, -0.2) is 4.39 Å². The zero-order valence-electron chi connectivity index (χ0n) is 11.7. The number of anilines is 2. The molecule has 108 valence electrons. The number of aryl methyl sites for hydroxylation is 1. The van der Waals surface area contributed by atoms with E-state index in [0.717, 1.165) is 17.8 Å². The largest absolute Gasteiger partial charge is 0.382 e. The molecule has 0 atom stereocenters. The van der Waals surface area contributed by atoms with E-state index >= 15 is 0 Å². The van der Waals surface area contributed by atoms with Crippen LogP contribution in [0, 0.1) is 11.7 Å². The van der Waals surface area contributed by atoms with E-state index in [1.165, 1.54) is 32.1 Å². The molecule has 1 amide bonds. The number of fused-ring (bicyclic) bond motifs is 1. The summed E-state index contributed by atoms with van der Waals surface area (Å²) in [6, 6.07) is 3.29. The van der Waals surface area contributed by atoms with E-state index in [-0.39, 0.29) is 11.7 Å². The molecule has 2 N–H and O–H groups in total. The van der Waals surface area contributed by atoms with Crippen molar-refractivity contribution in [1.82, 2.24) is 0 Å². The van der Waals surface area contributed by atoms with Crippen LogP contribution in [0.4, 0.5) is 15.8 Å². The third kappa shape index (κ3) is 2.94. The summed E-state index contributed by atoms with van der Waals surface area (Å²) >= 11 is 0. The average Bonchev–Trinajstić information content (AvgIpc) is 2.46. The van der Waals surface area contributed by atoms with Crippen molar-refractivity contribution >= 4 is 17.3 Å². The molecule has 0 saturated heterocycles. The first kappa shape index (κ1) is 13.4. The quantitative estimate of drug-likeness (QED) is 0.883. The summed E-state index contributed by atoms with van der Waals surface area (Å²) in [5.41, 5.74) is 2.16. The van der Waals surface area contributed by atoms with Crippen LogP contribution in [0.1, 0.15) is 44.1 Å². The number of hydrogen-bond acceptors (Lipinski definition) is 2. The van der Waals surface area contributed by atoms with Gasteiger partial charge in [-0.3, -0.25) is 4.79 Å². The Morgan fingerprint density at radius 3 is 2.80 bits per heavy atom. The van der Waals surface area contributed by atoms with Crippen molar-refractivity contribution in [3.63, 3.8) is 0 Å². The van der Waals surface area contributed by atoms with E-state index in [1.807, 2.05) is 0 Å². The fourth-order valence-electron chi connectivity index (χ4n) is 3.18. The van der Waals surface area contributed by atoms with Gasteiger partial charge in [0.25, 0.3) is 0 Å². The van der Waals surface area contributed by atoms with E-state index in [4.69, 9.17) is 0 Å². The third-order valence-electron chi connectivity index (χ3n) is 4.39. The van der Waals surface area contributed by atoms with Gasteiger partial charge in [0.2, 0.25) is 5.91 Å². The molecule has 2 aliphatic rings. The summed E-state index contributed by atoms with van der Waals surface area (Å²) < 4.78 is 14.1. The molecule has 0 radical (unpaired) electrons. The van der Waals surface area contributed by atoms with Gasteiger partial charge in [-0.05, 0) is 42.9 Å². The SMILES string of the molecule is O=C1CCc2cc(F)c(NCC3CCCCC3)cc2N1. The zero-order chi connectivity index (χ0) is 13.9. The van der Waals surface area contributed by atoms with Crippen molar-refractivity contribution in [2.45, 2.75) is 44.9 Å². The molecule has 4 heteroatoms. The van der Waals surface area contributed by atoms with E-state index in [0.29, 0.717) is 24.4 Å². The van der Waals surface area contributed by atoms with Crippen molar-refractivity contribution in [2.75, 3.05) is 17.2 Å². The van der Waals surface area contributed by atoms with Crippen LogP contribution in [0.3, 0.4) is 0 Å². The first-order chi connectivity index (χ1) is 9.72. The summed E-state index contributed by atoms with van der Waals surface area (Å²) in [5, 5.41) is 6.04. The van der Waals surface area contributed by atoms with Gasteiger partial charge in [0.05, 0.1) is 5.69 Å². The van der Waals surface area contributed by atoms with Crippen molar-refractivity contribution in [1.29, 1.82) is 0 Å². The Bertz CT molecular complexity index is 509. The minimum absolute atomic E-state index is 0.0161. The Labute approximate surface area is 118 Å². The van der Waals surface area contributed by atoms with E-state index in [2.05, 4.69) is 10.6 Å². The standard InChI is InChI=1S/C16H21FN2O/c17-13-8-12-6-7-16(20)19-14(12)9-15(13)18-10-11-4-2-1-3-5-11/h8-9,11,18H,1-7,10H2,(H,19,20). The average molecular weight is 276 g/mol. The number of rotatable bonds is 3. The monoisotopic (exact) mass is 276 g/mol. The van der Waals surface area contributed by atoms with Gasteiger partial charge in [0.1, 0.15) is 5.82 Å². The summed E-state index contributed by atoms with van der Waals surface area (Å²) in [6.45, 7) is 0.823. The smallest absolute Gasteiger partial charge is 0.224 e. The number of nitrogens with one attached hydrogen (secondary N) is 2. The first-order valence-corrected chi connectivity index (χ1v) is 7.58. The fourth-order valence-corrected chi connectivity index (χ4v) is 3.18. The highest BCUT2D eigenvalue weighted by Gasteiger charge is 2.18. The van der Waals surface area contributed by atoms with Crippen LogP contribution in [-0.4, -0.2) is 12.5 Å². The van der Waals surface area contributed by atoms with E-state index < -0.39 is 0 Å². The molecule has 3 rings (SSSR count). The lowest BCUT2D eigenvalue weighted by Crippen LogP contribution is -2.21. The zero-order valence-corrected chi connectivity index (χ0v) is 11.7. The van der Waals surface area contributed by atoms with Crippen LogP contribution in [0.5, 0.6) is 0 Å². The van der Waals surface area contributed by atoms with Crippen LogP contribution in [0.2, 0.25) is 0 Å². The van der Waals surface area contributed by atoms with E-state index in [1.54, 1.807) is 12.1 Å². The molecule has 1 aliphatic heterocycles. The van der Waals surface area contributed by atoms with Crippen molar-refractivity contribution in [2.24, 2.45) is 5.92 Å². The topological polar surface area (TPSA) is 41.1 Å². The van der Waals surface area contributed by atoms with Gasteiger partial charge in [0, 0.05) is 18.7 Å². The van der Waals surface area contributed by atoms with Gasteiger partial charge in [-0.15, -0.1) is 0 Å². The highest BCUT2D eigenvalue weighted by atomic mass is 19.1. The predicted molar refractivity (Wildman–Crippen MR) is 78.4 cm³/mol. The molecule has 0 unspecified atom stereocenters. The lowest BCUT2D eigenvalue weighted by Gasteiger charge is -2.23. The molecular weight excluding hydrogens is 255 g/mol. The summed E-state index contributed by atoms with van der Waals surface area (Å²) in [7, 11) is 0. The molecule has 0 bridgehead atoms. The Kier molecular flexibility index (Phi) is 3.90. The predicted octanol–water partition coefficient (Wildman–Crippen LogP) is 3.70. The number of amides is 1. The van der Waals surface area contributed by atoms with Crippen LogP contribution in [0.25, 0.3) is 0 Å². The lowest BCUT2D eigenvalue weighted by molar-refractivity contribution is -0.116. The molecule has 1 aromatic rings. The Morgan fingerprint density at radius 1 is 1.20 bits per heavy atom. The van der Waals surface area contributed by atoms with Crippen molar-refractivity contribution in [3.8, 4) is 0 Å². The molecule has 20 heavy (non-hydrogen) atoms. The van der Waals surface area contributed by atoms with Crippen LogP contribution < -0.4 is 10.6 Å². The van der Waals surface area contributed by atoms with Gasteiger partial charge < -0.3 is 10.6 Å². The molecule has 0 aromatic heterocycles. The summed E-state index contributed by atoms with van der Waals surface area (Å²) in [4.78, 5) is 11.4. The van der Waals surface area contributed by atoms with Gasteiger partial charge in [-0.2, -0.15) is 0 Å². The lowest BCUT2D eigenvalue weighted by atomic mass is 9.89. The fraction of sp³-hybridized carbons (Fsp3) is 0.562. The molecule has 1 heterocycles. The second-order valence-electron chi connectivity index (χ2n) is 5.92. The van der Waals surface area contributed by atoms with Crippen molar-refractivity contribution < 1.29 is 9.18 Å². The maximum Gasteiger partial charge on any atom is 0.224 e. The van der Waals surface area contributed by atoms with Gasteiger partial charge in [-0.1, -0.05) is 19.3 Å². The Morgan fingerprint density at radius 2 is 2.00 bits per heavy atom. The number of halogens is 1. The number of carbonyl (C=O) groups excluding carboxylic acids is 1. The maximum atomic E-state index is 14.1. The molecule has 3 nitrogen and oxygen atoms in total. The Balaban J connectivity index is 1.69. The second-order valence-corrected chi connectivity index (χ2v) is 5.92. The number of carbonyl (C=O) groups is 1. The second kappa shape index (κ2) is 5.81. The summed E-state index contributed by atoms with van der Waals surface area (Å²) in [6.07, 6.45) is 7.44. The number of benzene rings is 1. The highest BCUT2D eigenvalue weighted by Crippen LogP contribution is 2.30. The van der Waals surface area contributed by atoms with Gasteiger partial charge >= 0.3 is 0 Å². The Hall–Kier alpha value is -1.58. The molecule has 1 saturated carbocycles. The third-order valence-corrected chi connectivity index (χ3v) is 4.39. The van der Waals surface area contributed by atoms with Crippen molar-refractivity contribution in [3.05, 3.63) is 23.5 Å². The molecule has 1 aromatic carbocycles. The summed E-state index contributed by atoms with van der Waals surface area (Å²) in [5.74, 6) is 0.451. The molecule has 1 fully saturated rings. The molecule has 1 aliphatic carbocycles. The van der Waals surface area contributed by atoms with Crippen LogP contribution in [-0.2, 0) is 11.2 Å². The minimum atomic E-state index is -0.212. The highest BCUT2D eigenvalue weighted by molar-refractivity contribution is 5.94.